The summed E-state index contributed by atoms with van der Waals surface area (Å²) in [7, 11) is 1.59. The van der Waals surface area contributed by atoms with Crippen molar-refractivity contribution in [2.45, 2.75) is 51.2 Å². The third-order valence-corrected chi connectivity index (χ3v) is 9.18. The highest BCUT2D eigenvalue weighted by molar-refractivity contribution is 5.85. The van der Waals surface area contributed by atoms with E-state index in [1.165, 1.54) is 0 Å². The van der Waals surface area contributed by atoms with Crippen molar-refractivity contribution in [3.8, 4) is 5.75 Å². The first-order valence-electron chi connectivity index (χ1n) is 15.2. The zero-order valence-corrected chi connectivity index (χ0v) is 24.8. The first kappa shape index (κ1) is 31.6. The second-order valence-corrected chi connectivity index (χ2v) is 11.9. The molecule has 0 spiro atoms. The van der Waals surface area contributed by atoms with Gasteiger partial charge in [0.25, 0.3) is 0 Å². The molecule has 1 aromatic heterocycles. The maximum Gasteiger partial charge on any atom is 0.162 e. The predicted octanol–water partition coefficient (Wildman–Crippen LogP) is 5.99. The van der Waals surface area contributed by atoms with Crippen molar-refractivity contribution in [1.82, 2.24) is 14.8 Å². The first-order chi connectivity index (χ1) is 20.8. The Morgan fingerprint density at radius 2 is 1.79 bits per heavy atom. The minimum atomic E-state index is -1.24. The van der Waals surface area contributed by atoms with Gasteiger partial charge in [-0.1, -0.05) is 0 Å². The monoisotopic (exact) mass is 603 g/mol. The van der Waals surface area contributed by atoms with Crippen molar-refractivity contribution in [1.29, 1.82) is 0 Å². The van der Waals surface area contributed by atoms with Crippen LogP contribution in [0.4, 0.5) is 17.6 Å². The number of piperidine rings is 1. The predicted molar refractivity (Wildman–Crippen MR) is 157 cm³/mol. The summed E-state index contributed by atoms with van der Waals surface area (Å²) in [6.07, 6.45) is 3.59. The minimum absolute atomic E-state index is 0.0209. The van der Waals surface area contributed by atoms with E-state index in [1.54, 1.807) is 13.3 Å². The van der Waals surface area contributed by atoms with Gasteiger partial charge in [-0.3, -0.25) is 9.88 Å². The van der Waals surface area contributed by atoms with E-state index < -0.39 is 23.6 Å². The maximum absolute atomic E-state index is 16.4. The molecule has 0 radical (unpaired) electrons. The molecule has 0 aliphatic carbocycles. The zero-order valence-electron chi connectivity index (χ0n) is 24.8. The highest BCUT2D eigenvalue weighted by Crippen LogP contribution is 2.41. The van der Waals surface area contributed by atoms with Crippen LogP contribution < -0.4 is 4.74 Å². The van der Waals surface area contributed by atoms with Gasteiger partial charge in [-0.05, 0) is 99.0 Å². The van der Waals surface area contributed by atoms with E-state index in [0.29, 0.717) is 69.4 Å². The number of pyridine rings is 1. The number of benzene rings is 2. The number of ether oxygens (including phenoxy) is 2. The van der Waals surface area contributed by atoms with Crippen LogP contribution in [0.25, 0.3) is 10.9 Å². The molecule has 0 saturated carbocycles. The molecule has 1 atom stereocenters. The van der Waals surface area contributed by atoms with Crippen molar-refractivity contribution in [3.05, 3.63) is 70.7 Å². The van der Waals surface area contributed by atoms with Crippen LogP contribution in [0.2, 0.25) is 0 Å². The zero-order chi connectivity index (χ0) is 30.4. The van der Waals surface area contributed by atoms with E-state index in [9.17, 15) is 18.3 Å². The average Bonchev–Trinajstić information content (AvgIpc) is 3.03. The fourth-order valence-corrected chi connectivity index (χ4v) is 6.46. The summed E-state index contributed by atoms with van der Waals surface area (Å²) in [6.45, 7) is 5.53. The van der Waals surface area contributed by atoms with Crippen LogP contribution in [0, 0.1) is 22.9 Å². The van der Waals surface area contributed by atoms with Crippen molar-refractivity contribution < 1.29 is 32.1 Å². The van der Waals surface area contributed by atoms with Gasteiger partial charge in [0.1, 0.15) is 17.7 Å². The average molecular weight is 604 g/mol. The molecule has 6 nitrogen and oxygen atoms in total. The lowest BCUT2D eigenvalue weighted by Crippen LogP contribution is -2.42. The van der Waals surface area contributed by atoms with E-state index in [0.717, 1.165) is 48.7 Å². The highest BCUT2D eigenvalue weighted by atomic mass is 19.2. The second-order valence-electron chi connectivity index (χ2n) is 11.9. The molecular weight excluding hydrogens is 562 g/mol. The molecule has 3 heterocycles. The molecule has 0 bridgehead atoms. The van der Waals surface area contributed by atoms with Crippen LogP contribution >= 0.6 is 0 Å². The molecule has 1 N–H and O–H groups in total. The van der Waals surface area contributed by atoms with Crippen LogP contribution in [0.15, 0.2) is 36.5 Å². The summed E-state index contributed by atoms with van der Waals surface area (Å²) in [5.74, 6) is -2.29. The van der Waals surface area contributed by atoms with Crippen molar-refractivity contribution in [2.24, 2.45) is 5.41 Å². The number of methoxy groups -OCH3 is 1. The number of morpholine rings is 1. The Morgan fingerprint density at radius 1 is 1.02 bits per heavy atom. The van der Waals surface area contributed by atoms with Crippen molar-refractivity contribution in [2.75, 3.05) is 59.7 Å². The lowest BCUT2D eigenvalue weighted by atomic mass is 9.74. The smallest absolute Gasteiger partial charge is 0.162 e. The molecule has 10 heteroatoms. The number of likely N-dealkylation sites (tertiary alicyclic amines) is 1. The van der Waals surface area contributed by atoms with Crippen molar-refractivity contribution in [3.63, 3.8) is 0 Å². The number of hydrogen-bond donors (Lipinski definition) is 1. The Hall–Kier alpha value is -2.79. The molecular formula is C33H41F4N3O3. The fourth-order valence-electron chi connectivity index (χ4n) is 6.46. The minimum Gasteiger partial charge on any atom is -0.497 e. The number of aliphatic hydroxyl groups excluding tert-OH is 1. The second kappa shape index (κ2) is 14.3. The van der Waals surface area contributed by atoms with Gasteiger partial charge in [-0.2, -0.15) is 0 Å². The largest absolute Gasteiger partial charge is 0.497 e. The van der Waals surface area contributed by atoms with E-state index in [2.05, 4.69) is 14.8 Å². The van der Waals surface area contributed by atoms with E-state index >= 15 is 4.39 Å². The normalized spacial score (nSPS) is 18.7. The molecule has 0 unspecified atom stereocenters. The first-order valence-corrected chi connectivity index (χ1v) is 15.2. The van der Waals surface area contributed by atoms with Crippen LogP contribution in [-0.4, -0.2) is 79.5 Å². The van der Waals surface area contributed by atoms with Gasteiger partial charge in [0.05, 0.1) is 25.8 Å². The summed E-state index contributed by atoms with van der Waals surface area (Å²) < 4.78 is 68.4. The van der Waals surface area contributed by atoms with Crippen LogP contribution in [0.1, 0.15) is 55.0 Å². The Balaban J connectivity index is 1.22. The highest BCUT2D eigenvalue weighted by Gasteiger charge is 2.35. The Morgan fingerprint density at radius 3 is 2.51 bits per heavy atom. The number of alkyl halides is 1. The van der Waals surface area contributed by atoms with Gasteiger partial charge >= 0.3 is 0 Å². The number of aromatic nitrogens is 1. The molecule has 0 amide bonds. The van der Waals surface area contributed by atoms with Crippen LogP contribution in [0.3, 0.4) is 0 Å². The maximum atomic E-state index is 16.4. The molecule has 3 aromatic rings. The molecule has 2 aliphatic heterocycles. The Kier molecular flexibility index (Phi) is 10.5. The lowest BCUT2D eigenvalue weighted by molar-refractivity contribution is 0.0293. The summed E-state index contributed by atoms with van der Waals surface area (Å²) in [5.41, 5.74) is 1.88. The SMILES string of the molecule is COc1ccc2ncc(CN3CCOCC3)c([C@H](F)CCC3(CO)CCN(CCCc4cc(F)cc(F)c4F)CC3)c2c1. The molecule has 2 aromatic carbocycles. The van der Waals surface area contributed by atoms with Gasteiger partial charge in [0.2, 0.25) is 0 Å². The summed E-state index contributed by atoms with van der Waals surface area (Å²) in [5, 5.41) is 11.2. The van der Waals surface area contributed by atoms with E-state index in [4.69, 9.17) is 9.47 Å². The molecule has 43 heavy (non-hydrogen) atoms. The van der Waals surface area contributed by atoms with Gasteiger partial charge in [0.15, 0.2) is 11.6 Å². The number of hydrogen-bond acceptors (Lipinski definition) is 6. The van der Waals surface area contributed by atoms with Crippen LogP contribution in [0.5, 0.6) is 5.75 Å². The number of aliphatic hydroxyl groups is 1. The number of rotatable bonds is 12. The van der Waals surface area contributed by atoms with Gasteiger partial charge in [-0.25, -0.2) is 17.6 Å². The van der Waals surface area contributed by atoms with E-state index in [-0.39, 0.29) is 30.4 Å². The summed E-state index contributed by atoms with van der Waals surface area (Å²) in [6, 6.07) is 7.14. The quantitative estimate of drug-likeness (QED) is 0.203. The molecule has 2 saturated heterocycles. The van der Waals surface area contributed by atoms with Crippen molar-refractivity contribution >= 4 is 10.9 Å². The third kappa shape index (κ3) is 7.66. The number of fused-ring (bicyclic) bond motifs is 1. The molecule has 2 fully saturated rings. The van der Waals surface area contributed by atoms with Gasteiger partial charge in [0, 0.05) is 49.5 Å². The molecule has 5 rings (SSSR count). The lowest BCUT2D eigenvalue weighted by Gasteiger charge is -2.41. The summed E-state index contributed by atoms with van der Waals surface area (Å²) in [4.78, 5) is 9.10. The fraction of sp³-hybridized carbons (Fsp3) is 0.545. The number of aryl methyl sites for hydroxylation is 1. The topological polar surface area (TPSA) is 58.1 Å². The summed E-state index contributed by atoms with van der Waals surface area (Å²) >= 11 is 0. The number of halogens is 4. The third-order valence-electron chi connectivity index (χ3n) is 9.18. The van der Waals surface area contributed by atoms with Gasteiger partial charge in [-0.15, -0.1) is 0 Å². The Labute approximate surface area is 250 Å². The Bertz CT molecular complexity index is 1380. The number of nitrogens with zero attached hydrogens (tertiary/aromatic N) is 3. The van der Waals surface area contributed by atoms with Crippen LogP contribution in [-0.2, 0) is 17.7 Å². The molecule has 2 aliphatic rings. The van der Waals surface area contributed by atoms with Gasteiger partial charge < -0.3 is 19.5 Å². The van der Waals surface area contributed by atoms with E-state index in [1.807, 2.05) is 18.2 Å². The molecule has 234 valence electrons. The standard InChI is InChI=1S/C33H41F4N3O3/c1-42-26-4-5-30-27(19-26)31(24(20-38-30)21-40-13-15-43-16-14-40)28(35)6-7-33(22-41)8-11-39(12-9-33)10-2-3-23-17-25(34)18-29(36)32(23)37/h4-5,17-20,28,41H,2-3,6-16,21-22H2,1H3/t28-/m1/s1.